The van der Waals surface area contributed by atoms with E-state index in [-0.39, 0.29) is 24.7 Å². The van der Waals surface area contributed by atoms with Crippen LogP contribution in [0.4, 0.5) is 26.3 Å². The van der Waals surface area contributed by atoms with Gasteiger partial charge in [0, 0.05) is 13.0 Å². The summed E-state index contributed by atoms with van der Waals surface area (Å²) in [6.45, 7) is 0.0867. The summed E-state index contributed by atoms with van der Waals surface area (Å²) < 4.78 is 81.5. The topological polar surface area (TPSA) is 29.5 Å². The first-order valence-corrected chi connectivity index (χ1v) is 6.16. The number of aliphatic hydroxyl groups excluding tert-OH is 1. The van der Waals surface area contributed by atoms with Crippen molar-refractivity contribution in [3.63, 3.8) is 0 Å². The molecule has 1 aromatic rings. The van der Waals surface area contributed by atoms with Crippen LogP contribution in [-0.4, -0.2) is 17.8 Å². The third kappa shape index (κ3) is 3.88. The number of ether oxygens (including phenoxy) is 1. The van der Waals surface area contributed by atoms with E-state index in [2.05, 4.69) is 0 Å². The molecule has 2 atom stereocenters. The highest BCUT2D eigenvalue weighted by Crippen LogP contribution is 2.39. The van der Waals surface area contributed by atoms with Gasteiger partial charge < -0.3 is 9.84 Å². The maximum absolute atomic E-state index is 12.7. The molecule has 1 heterocycles. The van der Waals surface area contributed by atoms with Gasteiger partial charge in [0.15, 0.2) is 0 Å². The molecule has 1 aliphatic rings. The van der Waals surface area contributed by atoms with E-state index in [9.17, 15) is 31.4 Å². The zero-order valence-electron chi connectivity index (χ0n) is 10.6. The molecule has 1 N–H and O–H groups in total. The molecule has 2 unspecified atom stereocenters. The maximum Gasteiger partial charge on any atom is 0.416 e. The van der Waals surface area contributed by atoms with Gasteiger partial charge in [-0.3, -0.25) is 0 Å². The molecule has 118 valence electrons. The van der Waals surface area contributed by atoms with Gasteiger partial charge in [0.2, 0.25) is 0 Å². The van der Waals surface area contributed by atoms with Crippen LogP contribution in [0.3, 0.4) is 0 Å². The number of halogens is 6. The molecule has 1 fully saturated rings. The van der Waals surface area contributed by atoms with Crippen molar-refractivity contribution in [1.82, 2.24) is 0 Å². The Labute approximate surface area is 116 Å². The first-order chi connectivity index (χ1) is 9.57. The average molecular weight is 314 g/mol. The number of rotatable bonds is 1. The molecule has 2 nitrogen and oxygen atoms in total. The van der Waals surface area contributed by atoms with Crippen molar-refractivity contribution in [2.45, 2.75) is 37.4 Å². The van der Waals surface area contributed by atoms with Gasteiger partial charge in [0.1, 0.15) is 0 Å². The zero-order valence-corrected chi connectivity index (χ0v) is 10.6. The molecule has 0 aromatic heterocycles. The molecule has 1 aliphatic heterocycles. The molecule has 0 amide bonds. The van der Waals surface area contributed by atoms with Crippen molar-refractivity contribution in [2.75, 3.05) is 6.61 Å². The van der Waals surface area contributed by atoms with Gasteiger partial charge >= 0.3 is 12.4 Å². The van der Waals surface area contributed by atoms with Crippen LogP contribution in [0.15, 0.2) is 18.2 Å². The summed E-state index contributed by atoms with van der Waals surface area (Å²) in [7, 11) is 0. The molecule has 0 radical (unpaired) electrons. The lowest BCUT2D eigenvalue weighted by molar-refractivity contribution is -0.143. The Bertz CT molecular complexity index is 476. The molecule has 21 heavy (non-hydrogen) atoms. The summed E-state index contributed by atoms with van der Waals surface area (Å²) in [6.07, 6.45) is -11.3. The molecular formula is C13H12F6O2. The van der Waals surface area contributed by atoms with E-state index < -0.39 is 35.7 Å². The molecule has 2 rings (SSSR count). The van der Waals surface area contributed by atoms with E-state index >= 15 is 0 Å². The van der Waals surface area contributed by atoms with E-state index in [4.69, 9.17) is 4.74 Å². The standard InChI is InChI=1S/C13H12F6O2/c14-12(15,16)8-3-7(4-9(5-8)13(17,18)19)11-6-10(20)1-2-21-11/h3-5,10-11,20H,1-2,6H2. The van der Waals surface area contributed by atoms with Gasteiger partial charge in [-0.15, -0.1) is 0 Å². The number of hydrogen-bond acceptors (Lipinski definition) is 2. The monoisotopic (exact) mass is 314 g/mol. The first kappa shape index (κ1) is 16.1. The minimum atomic E-state index is -4.89. The van der Waals surface area contributed by atoms with Crippen LogP contribution in [0, 0.1) is 0 Å². The van der Waals surface area contributed by atoms with Gasteiger partial charge in [0.05, 0.1) is 23.3 Å². The minimum Gasteiger partial charge on any atom is -0.393 e. The maximum atomic E-state index is 12.7. The molecule has 1 saturated heterocycles. The predicted molar refractivity (Wildman–Crippen MR) is 60.4 cm³/mol. The van der Waals surface area contributed by atoms with Crippen molar-refractivity contribution >= 4 is 0 Å². The Balaban J connectivity index is 2.45. The molecule has 8 heteroatoms. The molecule has 0 spiro atoms. The Hall–Kier alpha value is -1.28. The summed E-state index contributed by atoms with van der Waals surface area (Å²) in [6, 6.07) is 1.35. The molecule has 1 aromatic carbocycles. The van der Waals surface area contributed by atoms with Crippen LogP contribution in [0.1, 0.15) is 35.6 Å². The highest BCUT2D eigenvalue weighted by molar-refractivity contribution is 5.35. The van der Waals surface area contributed by atoms with Crippen LogP contribution >= 0.6 is 0 Å². The van der Waals surface area contributed by atoms with Crippen LogP contribution in [0.2, 0.25) is 0 Å². The Kier molecular flexibility index (Phi) is 4.21. The van der Waals surface area contributed by atoms with E-state index in [1.165, 1.54) is 0 Å². The fourth-order valence-corrected chi connectivity index (χ4v) is 2.18. The van der Waals surface area contributed by atoms with Gasteiger partial charge in [-0.2, -0.15) is 26.3 Å². The van der Waals surface area contributed by atoms with Crippen molar-refractivity contribution in [2.24, 2.45) is 0 Å². The van der Waals surface area contributed by atoms with Gasteiger partial charge in [-0.1, -0.05) is 0 Å². The number of alkyl halides is 6. The van der Waals surface area contributed by atoms with Gasteiger partial charge in [0.25, 0.3) is 0 Å². The average Bonchev–Trinajstić information content (AvgIpc) is 2.36. The second kappa shape index (κ2) is 5.49. The number of hydrogen-bond donors (Lipinski definition) is 1. The fraction of sp³-hybridized carbons (Fsp3) is 0.538. The Morgan fingerprint density at radius 3 is 1.90 bits per heavy atom. The second-order valence-electron chi connectivity index (χ2n) is 4.88. The van der Waals surface area contributed by atoms with Gasteiger partial charge in [-0.25, -0.2) is 0 Å². The van der Waals surface area contributed by atoms with E-state index in [1.807, 2.05) is 0 Å². The van der Waals surface area contributed by atoms with E-state index in [1.54, 1.807) is 0 Å². The van der Waals surface area contributed by atoms with Crippen LogP contribution in [-0.2, 0) is 17.1 Å². The molecule has 0 bridgehead atoms. The van der Waals surface area contributed by atoms with Crippen LogP contribution in [0.25, 0.3) is 0 Å². The smallest absolute Gasteiger partial charge is 0.393 e. The van der Waals surface area contributed by atoms with Crippen molar-refractivity contribution in [3.8, 4) is 0 Å². The van der Waals surface area contributed by atoms with E-state index in [0.717, 1.165) is 0 Å². The SMILES string of the molecule is OC1CCOC(c2cc(C(F)(F)F)cc(C(F)(F)F)c2)C1. The lowest BCUT2D eigenvalue weighted by Gasteiger charge is -2.27. The third-order valence-corrected chi connectivity index (χ3v) is 3.24. The summed E-state index contributed by atoms with van der Waals surface area (Å²) in [5.74, 6) is 0. The van der Waals surface area contributed by atoms with Crippen LogP contribution < -0.4 is 0 Å². The van der Waals surface area contributed by atoms with Crippen molar-refractivity contribution < 1.29 is 36.2 Å². The third-order valence-electron chi connectivity index (χ3n) is 3.24. The predicted octanol–water partition coefficient (Wildman–Crippen LogP) is 3.94. The lowest BCUT2D eigenvalue weighted by atomic mass is 9.95. The minimum absolute atomic E-state index is 0.0292. The fourth-order valence-electron chi connectivity index (χ4n) is 2.18. The van der Waals surface area contributed by atoms with Crippen molar-refractivity contribution in [1.29, 1.82) is 0 Å². The molecule has 0 saturated carbocycles. The summed E-state index contributed by atoms with van der Waals surface area (Å²) >= 11 is 0. The summed E-state index contributed by atoms with van der Waals surface area (Å²) in [5, 5.41) is 9.47. The van der Waals surface area contributed by atoms with E-state index in [0.29, 0.717) is 18.6 Å². The Morgan fingerprint density at radius 2 is 1.48 bits per heavy atom. The summed E-state index contributed by atoms with van der Waals surface area (Å²) in [5.41, 5.74) is -2.98. The van der Waals surface area contributed by atoms with Gasteiger partial charge in [-0.05, 0) is 30.2 Å². The number of benzene rings is 1. The second-order valence-corrected chi connectivity index (χ2v) is 4.88. The Morgan fingerprint density at radius 1 is 0.952 bits per heavy atom. The normalized spacial score (nSPS) is 24.1. The van der Waals surface area contributed by atoms with Crippen molar-refractivity contribution in [3.05, 3.63) is 34.9 Å². The highest BCUT2D eigenvalue weighted by atomic mass is 19.4. The quantitative estimate of drug-likeness (QED) is 0.796. The number of aliphatic hydroxyl groups is 1. The highest BCUT2D eigenvalue weighted by Gasteiger charge is 2.38. The summed E-state index contributed by atoms with van der Waals surface area (Å²) in [4.78, 5) is 0. The molecular weight excluding hydrogens is 302 g/mol. The lowest BCUT2D eigenvalue weighted by Crippen LogP contribution is -2.24. The first-order valence-electron chi connectivity index (χ1n) is 6.16. The van der Waals surface area contributed by atoms with Crippen LogP contribution in [0.5, 0.6) is 0 Å². The zero-order chi connectivity index (χ0) is 15.8. The molecule has 0 aliphatic carbocycles. The largest absolute Gasteiger partial charge is 0.416 e.